The van der Waals surface area contributed by atoms with Crippen LogP contribution in [0.4, 0.5) is 4.79 Å². The zero-order valence-electron chi connectivity index (χ0n) is 14.2. The summed E-state index contributed by atoms with van der Waals surface area (Å²) in [6.07, 6.45) is 2.48. The average Bonchev–Trinajstić information content (AvgIpc) is 2.56. The Bertz CT molecular complexity index is 482. The van der Waals surface area contributed by atoms with E-state index in [-0.39, 0.29) is 12.6 Å². The quantitative estimate of drug-likeness (QED) is 0.751. The molecule has 1 aliphatic rings. The summed E-state index contributed by atoms with van der Waals surface area (Å²) in [7, 11) is 0. The number of benzene rings is 1. The largest absolute Gasteiger partial charge is 0.384 e. The highest BCUT2D eigenvalue weighted by molar-refractivity contribution is 5.73. The molecule has 3 N–H and O–H groups in total. The van der Waals surface area contributed by atoms with E-state index >= 15 is 0 Å². The van der Waals surface area contributed by atoms with Gasteiger partial charge in [-0.25, -0.2) is 4.79 Å². The fourth-order valence-corrected chi connectivity index (χ4v) is 2.83. The van der Waals surface area contributed by atoms with E-state index in [1.165, 1.54) is 12.8 Å². The minimum absolute atomic E-state index is 0.185. The fraction of sp³-hybridized carbons (Fsp3) is 0.611. The summed E-state index contributed by atoms with van der Waals surface area (Å²) in [4.78, 5) is 14.3. The molecule has 1 unspecified atom stereocenters. The third-order valence-corrected chi connectivity index (χ3v) is 4.58. The fourth-order valence-electron chi connectivity index (χ4n) is 2.83. The number of piperidine rings is 1. The Hall–Kier alpha value is -1.59. The van der Waals surface area contributed by atoms with Gasteiger partial charge in [0.25, 0.3) is 0 Å². The number of hydrogen-bond acceptors (Lipinski definition) is 3. The Morgan fingerprint density at radius 2 is 1.91 bits per heavy atom. The lowest BCUT2D eigenvalue weighted by atomic mass is 9.96. The van der Waals surface area contributed by atoms with E-state index in [0.29, 0.717) is 6.54 Å². The summed E-state index contributed by atoms with van der Waals surface area (Å²) < 4.78 is 0. The van der Waals surface area contributed by atoms with Gasteiger partial charge in [-0.15, -0.1) is 0 Å². The minimum atomic E-state index is -1.07. The van der Waals surface area contributed by atoms with Gasteiger partial charge in [0.15, 0.2) is 0 Å². The summed E-state index contributed by atoms with van der Waals surface area (Å²) in [6.45, 7) is 7.94. The number of nitrogens with one attached hydrogen (secondary N) is 2. The highest BCUT2D eigenvalue weighted by atomic mass is 16.3. The van der Waals surface area contributed by atoms with E-state index in [9.17, 15) is 9.90 Å². The van der Waals surface area contributed by atoms with Crippen LogP contribution in [0.5, 0.6) is 0 Å². The topological polar surface area (TPSA) is 64.6 Å². The lowest BCUT2D eigenvalue weighted by Gasteiger charge is -2.30. The van der Waals surface area contributed by atoms with Crippen LogP contribution < -0.4 is 10.6 Å². The molecule has 1 heterocycles. The maximum atomic E-state index is 11.9. The van der Waals surface area contributed by atoms with Crippen molar-refractivity contribution in [2.75, 3.05) is 32.7 Å². The van der Waals surface area contributed by atoms with Gasteiger partial charge in [0, 0.05) is 13.1 Å². The zero-order chi connectivity index (χ0) is 16.7. The maximum absolute atomic E-state index is 11.9. The van der Waals surface area contributed by atoms with Crippen molar-refractivity contribution in [2.24, 2.45) is 5.92 Å². The van der Waals surface area contributed by atoms with Crippen LogP contribution in [-0.2, 0) is 5.60 Å². The number of aliphatic hydroxyl groups is 1. The summed E-state index contributed by atoms with van der Waals surface area (Å²) >= 11 is 0. The molecule has 2 amide bonds. The number of hydrogen-bond donors (Lipinski definition) is 3. The molecule has 5 nitrogen and oxygen atoms in total. The van der Waals surface area contributed by atoms with Gasteiger partial charge in [-0.05, 0) is 44.3 Å². The predicted molar refractivity (Wildman–Crippen MR) is 92.3 cm³/mol. The number of likely N-dealkylation sites (tertiary alicyclic amines) is 1. The van der Waals surface area contributed by atoms with Gasteiger partial charge < -0.3 is 20.6 Å². The molecule has 1 aromatic rings. The Labute approximate surface area is 139 Å². The molecule has 2 rings (SSSR count). The molecule has 0 aromatic heterocycles. The number of carbonyl (C=O) groups excluding carboxylic acids is 1. The zero-order valence-corrected chi connectivity index (χ0v) is 14.2. The molecule has 0 aliphatic carbocycles. The first-order valence-corrected chi connectivity index (χ1v) is 8.49. The van der Waals surface area contributed by atoms with Crippen LogP contribution in [0.3, 0.4) is 0 Å². The maximum Gasteiger partial charge on any atom is 0.314 e. The van der Waals surface area contributed by atoms with Crippen LogP contribution in [0.25, 0.3) is 0 Å². The molecule has 1 saturated heterocycles. The smallest absolute Gasteiger partial charge is 0.314 e. The summed E-state index contributed by atoms with van der Waals surface area (Å²) in [6, 6.07) is 9.15. The first kappa shape index (κ1) is 17.8. The predicted octanol–water partition coefficient (Wildman–Crippen LogP) is 1.93. The van der Waals surface area contributed by atoms with Crippen LogP contribution in [0.15, 0.2) is 30.3 Å². The molecule has 0 saturated carbocycles. The number of amides is 2. The SMILES string of the molecule is CC1CCN(CCNC(=O)NCC(C)(O)c2ccccc2)CC1. The number of nitrogens with zero attached hydrogens (tertiary/aromatic N) is 1. The second kappa shape index (κ2) is 8.31. The van der Waals surface area contributed by atoms with E-state index < -0.39 is 5.60 Å². The monoisotopic (exact) mass is 319 g/mol. The Morgan fingerprint density at radius 1 is 1.26 bits per heavy atom. The molecule has 1 aromatic carbocycles. The first-order chi connectivity index (χ1) is 11.0. The van der Waals surface area contributed by atoms with E-state index in [1.54, 1.807) is 6.92 Å². The van der Waals surface area contributed by atoms with Gasteiger partial charge >= 0.3 is 6.03 Å². The molecule has 0 bridgehead atoms. The number of urea groups is 1. The van der Waals surface area contributed by atoms with E-state index in [0.717, 1.165) is 31.1 Å². The van der Waals surface area contributed by atoms with Gasteiger partial charge in [-0.1, -0.05) is 37.3 Å². The van der Waals surface area contributed by atoms with Crippen molar-refractivity contribution in [1.82, 2.24) is 15.5 Å². The molecule has 0 spiro atoms. The Morgan fingerprint density at radius 3 is 2.57 bits per heavy atom. The average molecular weight is 319 g/mol. The molecule has 1 atom stereocenters. The van der Waals surface area contributed by atoms with Crippen LogP contribution in [0.2, 0.25) is 0 Å². The van der Waals surface area contributed by atoms with Crippen molar-refractivity contribution in [1.29, 1.82) is 0 Å². The second-order valence-corrected chi connectivity index (χ2v) is 6.77. The van der Waals surface area contributed by atoms with Crippen molar-refractivity contribution in [3.8, 4) is 0 Å². The molecule has 5 heteroatoms. The number of carbonyl (C=O) groups is 1. The van der Waals surface area contributed by atoms with Crippen molar-refractivity contribution in [2.45, 2.75) is 32.3 Å². The third-order valence-electron chi connectivity index (χ3n) is 4.58. The Kier molecular flexibility index (Phi) is 6.42. The Balaban J connectivity index is 1.65. The van der Waals surface area contributed by atoms with Crippen LogP contribution in [-0.4, -0.2) is 48.8 Å². The van der Waals surface area contributed by atoms with Crippen molar-refractivity contribution < 1.29 is 9.90 Å². The van der Waals surface area contributed by atoms with Gasteiger partial charge in [0.2, 0.25) is 0 Å². The van der Waals surface area contributed by atoms with Crippen molar-refractivity contribution in [3.05, 3.63) is 35.9 Å². The lowest BCUT2D eigenvalue weighted by Crippen LogP contribution is -2.46. The standard InChI is InChI=1S/C18H29N3O2/c1-15-8-11-21(12-9-15)13-10-19-17(22)20-14-18(2,23)16-6-4-3-5-7-16/h3-7,15,23H,8-14H2,1-2H3,(H2,19,20,22). The summed E-state index contributed by atoms with van der Waals surface area (Å²) in [5, 5.41) is 16.0. The molecule has 1 aliphatic heterocycles. The molecular formula is C18H29N3O2. The van der Waals surface area contributed by atoms with E-state index in [4.69, 9.17) is 0 Å². The highest BCUT2D eigenvalue weighted by Crippen LogP contribution is 2.18. The van der Waals surface area contributed by atoms with E-state index in [1.807, 2.05) is 30.3 Å². The van der Waals surface area contributed by atoms with Gasteiger partial charge in [-0.3, -0.25) is 0 Å². The molecule has 0 radical (unpaired) electrons. The van der Waals surface area contributed by atoms with Crippen LogP contribution >= 0.6 is 0 Å². The van der Waals surface area contributed by atoms with E-state index in [2.05, 4.69) is 22.5 Å². The van der Waals surface area contributed by atoms with Gasteiger partial charge in [-0.2, -0.15) is 0 Å². The molecule has 1 fully saturated rings. The second-order valence-electron chi connectivity index (χ2n) is 6.77. The van der Waals surface area contributed by atoms with Crippen LogP contribution in [0.1, 0.15) is 32.3 Å². The van der Waals surface area contributed by atoms with Crippen molar-refractivity contribution in [3.63, 3.8) is 0 Å². The number of rotatable bonds is 6. The minimum Gasteiger partial charge on any atom is -0.384 e. The highest BCUT2D eigenvalue weighted by Gasteiger charge is 2.23. The molecule has 23 heavy (non-hydrogen) atoms. The van der Waals surface area contributed by atoms with Gasteiger partial charge in [0.1, 0.15) is 5.60 Å². The molecule has 128 valence electrons. The summed E-state index contributed by atoms with van der Waals surface area (Å²) in [5.41, 5.74) is -0.274. The molecular weight excluding hydrogens is 290 g/mol. The third kappa shape index (κ3) is 5.84. The summed E-state index contributed by atoms with van der Waals surface area (Å²) in [5.74, 6) is 0.822. The van der Waals surface area contributed by atoms with Crippen molar-refractivity contribution >= 4 is 6.03 Å². The normalized spacial score (nSPS) is 19.1. The lowest BCUT2D eigenvalue weighted by molar-refractivity contribution is 0.0593. The first-order valence-electron chi connectivity index (χ1n) is 8.49. The van der Waals surface area contributed by atoms with Gasteiger partial charge in [0.05, 0.1) is 6.54 Å². The van der Waals surface area contributed by atoms with Crippen LogP contribution in [0, 0.1) is 5.92 Å².